The molecular weight excluding hydrogens is 480 g/mol. The van der Waals surface area contributed by atoms with Crippen LogP contribution in [0.4, 0.5) is 0 Å². The summed E-state index contributed by atoms with van der Waals surface area (Å²) in [6.45, 7) is 7.56. The summed E-state index contributed by atoms with van der Waals surface area (Å²) in [5.74, 6) is -2.09. The summed E-state index contributed by atoms with van der Waals surface area (Å²) in [6.07, 6.45) is 3.47. The number of aliphatic carboxylic acids is 1. The predicted molar refractivity (Wildman–Crippen MR) is 143 cm³/mol. The summed E-state index contributed by atoms with van der Waals surface area (Å²) in [5, 5.41) is 17.8. The molecule has 36 heavy (non-hydrogen) atoms. The molecular formula is C26H42N4O5S. The Morgan fingerprint density at radius 3 is 2.08 bits per heavy atom. The lowest BCUT2D eigenvalue weighted by molar-refractivity contribution is -0.142. The lowest BCUT2D eigenvalue weighted by Gasteiger charge is -2.28. The third kappa shape index (κ3) is 11.0. The van der Waals surface area contributed by atoms with Gasteiger partial charge < -0.3 is 26.8 Å². The molecule has 0 heterocycles. The van der Waals surface area contributed by atoms with E-state index in [0.717, 1.165) is 11.3 Å². The zero-order valence-corrected chi connectivity index (χ0v) is 22.8. The Labute approximate surface area is 218 Å². The molecule has 1 aromatic rings. The van der Waals surface area contributed by atoms with Crippen LogP contribution in [0.5, 0.6) is 0 Å². The SMILES string of the molecule is CC[C@H](C)[C@H](NC(=O)[C@H](CC(C)C)NC(=O)[C@@H](N)CCSC)C(=O)N[C@@H](Cc1ccccc1)C(=O)O. The zero-order chi connectivity index (χ0) is 27.3. The van der Waals surface area contributed by atoms with Gasteiger partial charge in [0.25, 0.3) is 0 Å². The number of hydrogen-bond donors (Lipinski definition) is 5. The highest BCUT2D eigenvalue weighted by molar-refractivity contribution is 7.98. The van der Waals surface area contributed by atoms with Crippen molar-refractivity contribution in [3.8, 4) is 0 Å². The maximum absolute atomic E-state index is 13.2. The highest BCUT2D eigenvalue weighted by Gasteiger charge is 2.33. The largest absolute Gasteiger partial charge is 0.480 e. The van der Waals surface area contributed by atoms with E-state index in [2.05, 4.69) is 16.0 Å². The molecule has 0 bridgehead atoms. The number of carboxylic acid groups (broad SMARTS) is 1. The van der Waals surface area contributed by atoms with E-state index in [1.807, 2.05) is 40.0 Å². The van der Waals surface area contributed by atoms with Crippen LogP contribution in [-0.4, -0.2) is 65.0 Å². The zero-order valence-electron chi connectivity index (χ0n) is 22.0. The van der Waals surface area contributed by atoms with Gasteiger partial charge in [0, 0.05) is 6.42 Å². The number of carboxylic acids is 1. The molecule has 0 aliphatic heterocycles. The Bertz CT molecular complexity index is 852. The molecule has 0 aromatic heterocycles. The molecule has 9 nitrogen and oxygen atoms in total. The average molecular weight is 523 g/mol. The van der Waals surface area contributed by atoms with Crippen molar-refractivity contribution >= 4 is 35.5 Å². The monoisotopic (exact) mass is 522 g/mol. The van der Waals surface area contributed by atoms with Gasteiger partial charge in [-0.3, -0.25) is 14.4 Å². The number of carbonyl (C=O) groups excluding carboxylic acids is 3. The van der Waals surface area contributed by atoms with Crippen molar-refractivity contribution in [3.05, 3.63) is 35.9 Å². The lowest BCUT2D eigenvalue weighted by Crippen LogP contribution is -2.59. The first-order valence-electron chi connectivity index (χ1n) is 12.4. The van der Waals surface area contributed by atoms with Crippen LogP contribution < -0.4 is 21.7 Å². The van der Waals surface area contributed by atoms with Gasteiger partial charge in [-0.1, -0.05) is 64.4 Å². The Balaban J connectivity index is 3.00. The smallest absolute Gasteiger partial charge is 0.326 e. The Morgan fingerprint density at radius 1 is 0.944 bits per heavy atom. The highest BCUT2D eigenvalue weighted by atomic mass is 32.2. The number of amides is 3. The van der Waals surface area contributed by atoms with Crippen molar-refractivity contribution in [3.63, 3.8) is 0 Å². The van der Waals surface area contributed by atoms with E-state index < -0.39 is 47.9 Å². The molecule has 5 atom stereocenters. The number of carbonyl (C=O) groups is 4. The first-order valence-corrected chi connectivity index (χ1v) is 13.8. The molecule has 0 aliphatic carbocycles. The Hall–Kier alpha value is -2.59. The van der Waals surface area contributed by atoms with Gasteiger partial charge in [-0.15, -0.1) is 0 Å². The van der Waals surface area contributed by atoms with Gasteiger partial charge in [0.2, 0.25) is 17.7 Å². The van der Waals surface area contributed by atoms with Crippen LogP contribution in [-0.2, 0) is 25.6 Å². The number of thioether (sulfide) groups is 1. The van der Waals surface area contributed by atoms with Gasteiger partial charge in [0.1, 0.15) is 18.1 Å². The quantitative estimate of drug-likeness (QED) is 0.223. The second-order valence-electron chi connectivity index (χ2n) is 9.54. The Kier molecular flexibility index (Phi) is 14.2. The normalized spacial score (nSPS) is 15.3. The molecule has 1 aromatic carbocycles. The van der Waals surface area contributed by atoms with E-state index >= 15 is 0 Å². The number of benzene rings is 1. The molecule has 10 heteroatoms. The maximum Gasteiger partial charge on any atom is 0.326 e. The maximum atomic E-state index is 13.2. The molecule has 6 N–H and O–H groups in total. The molecule has 1 rings (SSSR count). The first kappa shape index (κ1) is 31.4. The fraction of sp³-hybridized carbons (Fsp3) is 0.615. The van der Waals surface area contributed by atoms with Crippen LogP contribution in [0.1, 0.15) is 52.5 Å². The number of rotatable bonds is 16. The number of hydrogen-bond acceptors (Lipinski definition) is 6. The van der Waals surface area contributed by atoms with Gasteiger partial charge in [-0.2, -0.15) is 11.8 Å². The standard InChI is InChI=1S/C26H42N4O5S/c1-6-17(4)22(25(33)29-21(26(34)35)15-18-10-8-7-9-11-18)30-24(32)20(14-16(2)3)28-23(31)19(27)12-13-36-5/h7-11,16-17,19-22H,6,12-15,27H2,1-5H3,(H,28,31)(H,29,33)(H,30,32)(H,34,35)/t17-,19-,20-,21-,22-/m0/s1. The minimum Gasteiger partial charge on any atom is -0.480 e. The fourth-order valence-electron chi connectivity index (χ4n) is 3.62. The number of nitrogens with two attached hydrogens (primary N) is 1. The molecule has 202 valence electrons. The summed E-state index contributed by atoms with van der Waals surface area (Å²) in [6, 6.07) is 5.30. The Morgan fingerprint density at radius 2 is 1.56 bits per heavy atom. The molecule has 0 aliphatic rings. The molecule has 0 saturated heterocycles. The van der Waals surface area contributed by atoms with Gasteiger partial charge in [-0.25, -0.2) is 4.79 Å². The van der Waals surface area contributed by atoms with Crippen molar-refractivity contribution < 1.29 is 24.3 Å². The average Bonchev–Trinajstić information content (AvgIpc) is 2.84. The van der Waals surface area contributed by atoms with Crippen LogP contribution >= 0.6 is 11.8 Å². The van der Waals surface area contributed by atoms with Crippen molar-refractivity contribution in [2.24, 2.45) is 17.6 Å². The van der Waals surface area contributed by atoms with Crippen LogP contribution in [0.25, 0.3) is 0 Å². The minimum atomic E-state index is -1.16. The molecule has 0 radical (unpaired) electrons. The van der Waals surface area contributed by atoms with Crippen molar-refractivity contribution in [2.45, 2.75) is 77.5 Å². The van der Waals surface area contributed by atoms with Crippen LogP contribution in [0.2, 0.25) is 0 Å². The summed E-state index contributed by atoms with van der Waals surface area (Å²) >= 11 is 1.58. The third-order valence-electron chi connectivity index (χ3n) is 6.00. The summed E-state index contributed by atoms with van der Waals surface area (Å²) in [5.41, 5.74) is 6.74. The van der Waals surface area contributed by atoms with Crippen LogP contribution in [0.15, 0.2) is 30.3 Å². The van der Waals surface area contributed by atoms with Gasteiger partial charge in [0.15, 0.2) is 0 Å². The summed E-state index contributed by atoms with van der Waals surface area (Å²) < 4.78 is 0. The first-order chi connectivity index (χ1) is 17.0. The topological polar surface area (TPSA) is 151 Å². The molecule has 0 unspecified atom stereocenters. The predicted octanol–water partition coefficient (Wildman–Crippen LogP) is 1.94. The summed E-state index contributed by atoms with van der Waals surface area (Å²) in [4.78, 5) is 50.8. The van der Waals surface area contributed by atoms with Gasteiger partial charge in [-0.05, 0) is 42.2 Å². The van der Waals surface area contributed by atoms with E-state index in [9.17, 15) is 24.3 Å². The van der Waals surface area contributed by atoms with Crippen LogP contribution in [0, 0.1) is 11.8 Å². The highest BCUT2D eigenvalue weighted by Crippen LogP contribution is 2.12. The van der Waals surface area contributed by atoms with E-state index in [1.165, 1.54) is 0 Å². The lowest BCUT2D eigenvalue weighted by atomic mass is 9.96. The number of nitrogens with one attached hydrogen (secondary N) is 3. The molecule has 0 spiro atoms. The minimum absolute atomic E-state index is 0.0987. The van der Waals surface area contributed by atoms with Crippen molar-refractivity contribution in [1.29, 1.82) is 0 Å². The molecule has 0 fully saturated rings. The van der Waals surface area contributed by atoms with E-state index in [4.69, 9.17) is 5.73 Å². The third-order valence-corrected chi connectivity index (χ3v) is 6.64. The molecule has 3 amide bonds. The van der Waals surface area contributed by atoms with Crippen LogP contribution in [0.3, 0.4) is 0 Å². The van der Waals surface area contributed by atoms with Crippen molar-refractivity contribution in [1.82, 2.24) is 16.0 Å². The van der Waals surface area contributed by atoms with Crippen molar-refractivity contribution in [2.75, 3.05) is 12.0 Å². The van der Waals surface area contributed by atoms with Gasteiger partial charge >= 0.3 is 5.97 Å². The van der Waals surface area contributed by atoms with E-state index in [1.54, 1.807) is 36.0 Å². The molecule has 0 saturated carbocycles. The second-order valence-corrected chi connectivity index (χ2v) is 10.5. The summed E-state index contributed by atoms with van der Waals surface area (Å²) in [7, 11) is 0. The second kappa shape index (κ2) is 16.2. The van der Waals surface area contributed by atoms with E-state index in [0.29, 0.717) is 19.3 Å². The fourth-order valence-corrected chi connectivity index (χ4v) is 4.11. The van der Waals surface area contributed by atoms with Gasteiger partial charge in [0.05, 0.1) is 6.04 Å². The van der Waals surface area contributed by atoms with E-state index in [-0.39, 0.29) is 18.3 Å².